The number of thioether (sulfide) groups is 1. The molecule has 1 aromatic heterocycles. The van der Waals surface area contributed by atoms with Gasteiger partial charge in [-0.1, -0.05) is 42.1 Å². The van der Waals surface area contributed by atoms with Gasteiger partial charge in [-0.05, 0) is 48.0 Å². The van der Waals surface area contributed by atoms with Gasteiger partial charge < -0.3 is 14.8 Å². The molecule has 1 N–H and O–H groups in total. The Morgan fingerprint density at radius 3 is 2.62 bits per heavy atom. The van der Waals surface area contributed by atoms with E-state index in [1.54, 1.807) is 19.2 Å². The third-order valence-corrected chi connectivity index (χ3v) is 6.33. The number of methoxy groups -OCH3 is 1. The molecule has 0 atom stereocenters. The van der Waals surface area contributed by atoms with Crippen LogP contribution in [0.25, 0.3) is 11.4 Å². The molecule has 5 rings (SSSR count). The first-order chi connectivity index (χ1) is 16.6. The summed E-state index contributed by atoms with van der Waals surface area (Å²) in [7, 11) is 1.61. The number of ether oxygens (including phenoxy) is 2. The Labute approximate surface area is 200 Å². The van der Waals surface area contributed by atoms with E-state index >= 15 is 0 Å². The molecule has 0 fully saturated rings. The number of halogens is 1. The molecule has 0 bridgehead atoms. The lowest BCUT2D eigenvalue weighted by Crippen LogP contribution is -2.16. The van der Waals surface area contributed by atoms with Gasteiger partial charge >= 0.3 is 0 Å². The fourth-order valence-corrected chi connectivity index (χ4v) is 4.42. The summed E-state index contributed by atoms with van der Waals surface area (Å²) in [6, 6.07) is 21.3. The van der Waals surface area contributed by atoms with Crippen molar-refractivity contribution in [3.05, 3.63) is 89.7 Å². The van der Waals surface area contributed by atoms with Gasteiger partial charge in [-0.25, -0.2) is 9.37 Å². The number of hydrogen-bond acceptors (Lipinski definition) is 6. The van der Waals surface area contributed by atoms with Crippen molar-refractivity contribution in [1.29, 1.82) is 0 Å². The summed E-state index contributed by atoms with van der Waals surface area (Å²) in [6.07, 6.45) is 0.589. The van der Waals surface area contributed by atoms with E-state index in [0.717, 1.165) is 28.2 Å². The molecular formula is C26H20FN3O3S. The molecule has 4 aromatic rings. The molecule has 0 aliphatic carbocycles. The number of aromatic nitrogens is 2. The van der Waals surface area contributed by atoms with E-state index in [1.807, 2.05) is 48.5 Å². The van der Waals surface area contributed by atoms with Crippen LogP contribution in [0.2, 0.25) is 0 Å². The molecule has 2 heterocycles. The third kappa shape index (κ3) is 4.58. The van der Waals surface area contributed by atoms with Gasteiger partial charge in [0.1, 0.15) is 22.3 Å². The molecule has 8 heteroatoms. The molecule has 170 valence electrons. The minimum absolute atomic E-state index is 0.0570. The van der Waals surface area contributed by atoms with Crippen molar-refractivity contribution in [1.82, 2.24) is 9.97 Å². The van der Waals surface area contributed by atoms with Crippen molar-refractivity contribution < 1.29 is 18.7 Å². The number of rotatable bonds is 6. The first-order valence-corrected chi connectivity index (χ1v) is 11.6. The third-order valence-electron chi connectivity index (χ3n) is 5.31. The summed E-state index contributed by atoms with van der Waals surface area (Å²) in [5.74, 6) is 1.68. The maximum atomic E-state index is 13.9. The normalized spacial score (nSPS) is 11.7. The first-order valence-electron chi connectivity index (χ1n) is 10.6. The van der Waals surface area contributed by atoms with Gasteiger partial charge in [0.05, 0.1) is 24.1 Å². The Balaban J connectivity index is 1.45. The first kappa shape index (κ1) is 21.9. The van der Waals surface area contributed by atoms with Gasteiger partial charge in [0.25, 0.3) is 0 Å². The van der Waals surface area contributed by atoms with E-state index in [9.17, 15) is 9.18 Å². The molecule has 1 aliphatic heterocycles. The second kappa shape index (κ2) is 9.52. The summed E-state index contributed by atoms with van der Waals surface area (Å²) in [6.45, 7) is 0. The lowest BCUT2D eigenvalue weighted by atomic mass is 10.0. The molecular weight excluding hydrogens is 453 g/mol. The average molecular weight is 474 g/mol. The predicted molar refractivity (Wildman–Crippen MR) is 129 cm³/mol. The number of para-hydroxylation sites is 2. The zero-order valence-corrected chi connectivity index (χ0v) is 19.1. The van der Waals surface area contributed by atoms with Crippen molar-refractivity contribution in [2.24, 2.45) is 0 Å². The summed E-state index contributed by atoms with van der Waals surface area (Å²) in [5.41, 5.74) is 2.78. The number of amides is 1. The summed E-state index contributed by atoms with van der Waals surface area (Å²) in [5, 5.41) is 3.26. The van der Waals surface area contributed by atoms with Crippen molar-refractivity contribution >= 4 is 23.4 Å². The monoisotopic (exact) mass is 473 g/mol. The summed E-state index contributed by atoms with van der Waals surface area (Å²) in [4.78, 5) is 22.0. The molecule has 34 heavy (non-hydrogen) atoms. The smallest absolute Gasteiger partial charge is 0.234 e. The Hall–Kier alpha value is -3.91. The van der Waals surface area contributed by atoms with Crippen LogP contribution in [0, 0.1) is 5.82 Å². The number of nitrogens with one attached hydrogen (secondary N) is 1. The molecule has 0 radical (unpaired) electrons. The Morgan fingerprint density at radius 2 is 1.82 bits per heavy atom. The van der Waals surface area contributed by atoms with E-state index in [1.165, 1.54) is 23.9 Å². The maximum absolute atomic E-state index is 13.9. The van der Waals surface area contributed by atoms with Crippen LogP contribution in [0.4, 0.5) is 10.1 Å². The molecule has 3 aromatic carbocycles. The highest BCUT2D eigenvalue weighted by Crippen LogP contribution is 2.40. The SMILES string of the molecule is COc1ccc(-c2nc3c(c(SCC(=O)Nc4ccccc4F)n2)Cc2ccccc2O3)cc1. The number of nitrogens with zero attached hydrogens (tertiary/aromatic N) is 2. The Morgan fingerprint density at radius 1 is 1.06 bits per heavy atom. The lowest BCUT2D eigenvalue weighted by molar-refractivity contribution is -0.113. The highest BCUT2D eigenvalue weighted by atomic mass is 32.2. The van der Waals surface area contributed by atoms with Crippen molar-refractivity contribution in [2.45, 2.75) is 11.4 Å². The molecule has 1 amide bonds. The van der Waals surface area contributed by atoms with E-state index in [-0.39, 0.29) is 17.3 Å². The van der Waals surface area contributed by atoms with Crippen molar-refractivity contribution in [3.63, 3.8) is 0 Å². The quantitative estimate of drug-likeness (QED) is 0.251. The topological polar surface area (TPSA) is 73.3 Å². The standard InChI is InChI=1S/C26H20FN3O3S/c1-32-18-12-10-16(11-13-18)24-29-25-19(14-17-6-2-5-9-22(17)33-25)26(30-24)34-15-23(31)28-21-8-4-3-7-20(21)27/h2-13H,14-15H2,1H3,(H,28,31). The number of benzene rings is 3. The Bertz CT molecular complexity index is 1360. The van der Waals surface area contributed by atoms with Crippen LogP contribution in [0.1, 0.15) is 11.1 Å². The average Bonchev–Trinajstić information content (AvgIpc) is 2.87. The number of fused-ring (bicyclic) bond motifs is 2. The van der Waals surface area contributed by atoms with Crippen LogP contribution in [0.15, 0.2) is 77.8 Å². The molecule has 0 saturated carbocycles. The number of carbonyl (C=O) groups is 1. The van der Waals surface area contributed by atoms with Gasteiger partial charge in [0.2, 0.25) is 11.8 Å². The van der Waals surface area contributed by atoms with Gasteiger partial charge in [0.15, 0.2) is 5.82 Å². The molecule has 0 unspecified atom stereocenters. The van der Waals surface area contributed by atoms with Gasteiger partial charge in [-0.2, -0.15) is 4.98 Å². The fourth-order valence-electron chi connectivity index (χ4n) is 3.59. The van der Waals surface area contributed by atoms with Crippen molar-refractivity contribution in [3.8, 4) is 28.8 Å². The zero-order valence-electron chi connectivity index (χ0n) is 18.2. The van der Waals surface area contributed by atoms with E-state index in [4.69, 9.17) is 14.5 Å². The number of carbonyl (C=O) groups excluding carboxylic acids is 1. The maximum Gasteiger partial charge on any atom is 0.234 e. The van der Waals surface area contributed by atoms with Gasteiger partial charge in [-0.3, -0.25) is 4.79 Å². The highest BCUT2D eigenvalue weighted by Gasteiger charge is 2.24. The minimum atomic E-state index is -0.480. The highest BCUT2D eigenvalue weighted by molar-refractivity contribution is 8.00. The number of anilines is 1. The van der Waals surface area contributed by atoms with Gasteiger partial charge in [0, 0.05) is 12.0 Å². The molecule has 6 nitrogen and oxygen atoms in total. The summed E-state index contributed by atoms with van der Waals surface area (Å²) < 4.78 is 25.2. The van der Waals surface area contributed by atoms with Crippen LogP contribution < -0.4 is 14.8 Å². The van der Waals surface area contributed by atoms with Crippen LogP contribution in [0.5, 0.6) is 17.4 Å². The summed E-state index contributed by atoms with van der Waals surface area (Å²) >= 11 is 1.27. The second-order valence-corrected chi connectivity index (χ2v) is 8.53. The van der Waals surface area contributed by atoms with Crippen LogP contribution in [-0.2, 0) is 11.2 Å². The van der Waals surface area contributed by atoms with E-state index in [2.05, 4.69) is 10.3 Å². The molecule has 0 saturated heterocycles. The largest absolute Gasteiger partial charge is 0.497 e. The predicted octanol–water partition coefficient (Wildman–Crippen LogP) is 5.72. The van der Waals surface area contributed by atoms with Crippen LogP contribution >= 0.6 is 11.8 Å². The molecule has 1 aliphatic rings. The molecule has 0 spiro atoms. The number of hydrogen-bond donors (Lipinski definition) is 1. The second-order valence-electron chi connectivity index (χ2n) is 7.57. The van der Waals surface area contributed by atoms with E-state index < -0.39 is 5.82 Å². The van der Waals surface area contributed by atoms with Crippen molar-refractivity contribution in [2.75, 3.05) is 18.2 Å². The fraction of sp³-hybridized carbons (Fsp3) is 0.115. The van der Waals surface area contributed by atoms with E-state index in [0.29, 0.717) is 23.2 Å². The van der Waals surface area contributed by atoms with Gasteiger partial charge in [-0.15, -0.1) is 0 Å². The van der Waals surface area contributed by atoms with Crippen LogP contribution in [0.3, 0.4) is 0 Å². The lowest BCUT2D eigenvalue weighted by Gasteiger charge is -2.21. The Kier molecular flexibility index (Phi) is 6.14. The van der Waals surface area contributed by atoms with Crippen LogP contribution in [-0.4, -0.2) is 28.7 Å². The minimum Gasteiger partial charge on any atom is -0.497 e. The zero-order chi connectivity index (χ0) is 23.5.